The Morgan fingerprint density at radius 1 is 1.45 bits per heavy atom. The lowest BCUT2D eigenvalue weighted by atomic mass is 10.1. The molecule has 104 valence electrons. The zero-order chi connectivity index (χ0) is 14.9. The molecule has 2 rings (SSSR count). The van der Waals surface area contributed by atoms with Gasteiger partial charge in [0.2, 0.25) is 0 Å². The highest BCUT2D eigenvalue weighted by Gasteiger charge is 2.16. The molecule has 0 saturated heterocycles. The Bertz CT molecular complexity index is 697. The molecule has 0 radical (unpaired) electrons. The number of halogens is 1. The molecular weight excluding hydrogens is 358 g/mol. The summed E-state index contributed by atoms with van der Waals surface area (Å²) < 4.78 is 0.838. The van der Waals surface area contributed by atoms with E-state index in [2.05, 4.69) is 26.2 Å². The van der Waals surface area contributed by atoms with Crippen LogP contribution in [0.4, 0.5) is 5.69 Å². The van der Waals surface area contributed by atoms with Gasteiger partial charge >= 0.3 is 0 Å². The molecule has 0 saturated carbocycles. The Hall–Kier alpha value is -1.31. The molecule has 3 N–H and O–H groups in total. The molecule has 1 amide bonds. The van der Waals surface area contributed by atoms with Crippen LogP contribution in [0.2, 0.25) is 0 Å². The number of hydrogen-bond donors (Lipinski definition) is 2. The van der Waals surface area contributed by atoms with Crippen molar-refractivity contribution in [2.45, 2.75) is 13.8 Å². The second kappa shape index (κ2) is 5.99. The van der Waals surface area contributed by atoms with Crippen molar-refractivity contribution in [2.24, 2.45) is 5.73 Å². The number of aryl methyl sites for hydroxylation is 2. The smallest absolute Gasteiger partial charge is 0.267 e. The minimum Gasteiger partial charge on any atom is -0.389 e. The number of nitrogens with one attached hydrogen (secondary N) is 1. The lowest BCUT2D eigenvalue weighted by Crippen LogP contribution is -2.17. The van der Waals surface area contributed by atoms with E-state index in [-0.39, 0.29) is 10.9 Å². The molecule has 0 unspecified atom stereocenters. The van der Waals surface area contributed by atoms with Crippen molar-refractivity contribution in [3.8, 4) is 0 Å². The number of carbonyl (C=O) groups is 1. The van der Waals surface area contributed by atoms with Crippen molar-refractivity contribution >= 4 is 56.1 Å². The van der Waals surface area contributed by atoms with Gasteiger partial charge in [-0.05, 0) is 32.0 Å². The third-order valence-electron chi connectivity index (χ3n) is 2.61. The van der Waals surface area contributed by atoms with Crippen molar-refractivity contribution in [3.05, 3.63) is 43.8 Å². The fraction of sp³-hybridized carbons (Fsp3) is 0.154. The summed E-state index contributed by atoms with van der Waals surface area (Å²) in [5.74, 6) is -0.205. The van der Waals surface area contributed by atoms with Crippen molar-refractivity contribution in [2.75, 3.05) is 5.32 Å². The van der Waals surface area contributed by atoms with E-state index in [1.165, 1.54) is 11.3 Å². The van der Waals surface area contributed by atoms with Crippen LogP contribution in [-0.2, 0) is 0 Å². The number of thiocarbonyl (C=S) groups is 1. The van der Waals surface area contributed by atoms with Gasteiger partial charge in [0, 0.05) is 10.0 Å². The van der Waals surface area contributed by atoms with Crippen molar-refractivity contribution < 1.29 is 4.79 Å². The van der Waals surface area contributed by atoms with E-state index in [1.54, 1.807) is 12.1 Å². The highest BCUT2D eigenvalue weighted by molar-refractivity contribution is 9.10. The molecule has 0 aliphatic rings. The first-order valence-corrected chi connectivity index (χ1v) is 7.75. The molecule has 0 fully saturated rings. The summed E-state index contributed by atoms with van der Waals surface area (Å²) in [5, 5.41) is 3.69. The average Bonchev–Trinajstić information content (AvgIpc) is 2.68. The second-order valence-electron chi connectivity index (χ2n) is 4.16. The van der Waals surface area contributed by atoms with Gasteiger partial charge < -0.3 is 11.1 Å². The van der Waals surface area contributed by atoms with Gasteiger partial charge in [-0.15, -0.1) is 11.3 Å². The maximum absolute atomic E-state index is 12.3. The first-order chi connectivity index (χ1) is 9.38. The number of anilines is 1. The molecule has 2 aromatic rings. The molecule has 0 bridgehead atoms. The molecule has 1 aromatic heterocycles. The van der Waals surface area contributed by atoms with Gasteiger partial charge in [0.25, 0.3) is 5.91 Å². The summed E-state index contributed by atoms with van der Waals surface area (Å²) in [4.78, 5) is 17.4. The summed E-state index contributed by atoms with van der Waals surface area (Å²) in [5.41, 5.74) is 7.61. The zero-order valence-corrected chi connectivity index (χ0v) is 14.1. The molecule has 1 heterocycles. The number of thiazole rings is 1. The molecule has 7 heteroatoms. The number of rotatable bonds is 3. The number of carbonyl (C=O) groups excluding carboxylic acids is 1. The number of nitrogens with two attached hydrogens (primary N) is 1. The largest absolute Gasteiger partial charge is 0.389 e. The van der Waals surface area contributed by atoms with Gasteiger partial charge in [0.1, 0.15) is 9.87 Å². The molecule has 0 aliphatic carbocycles. The van der Waals surface area contributed by atoms with Crippen LogP contribution in [0.3, 0.4) is 0 Å². The number of hydrogen-bond acceptors (Lipinski definition) is 4. The number of aromatic nitrogens is 1. The molecule has 20 heavy (non-hydrogen) atoms. The van der Waals surface area contributed by atoms with E-state index in [0.717, 1.165) is 15.2 Å². The lowest BCUT2D eigenvalue weighted by Gasteiger charge is -2.10. The third-order valence-corrected chi connectivity index (χ3v) is 4.39. The predicted octanol–water partition coefficient (Wildman–Crippen LogP) is 3.41. The van der Waals surface area contributed by atoms with Gasteiger partial charge in [-0.25, -0.2) is 4.98 Å². The molecular formula is C13H12BrN3OS2. The van der Waals surface area contributed by atoms with E-state index >= 15 is 0 Å². The summed E-state index contributed by atoms with van der Waals surface area (Å²) in [7, 11) is 0. The molecule has 0 atom stereocenters. The van der Waals surface area contributed by atoms with Crippen LogP contribution in [0.5, 0.6) is 0 Å². The molecule has 0 spiro atoms. The maximum Gasteiger partial charge on any atom is 0.267 e. The third kappa shape index (κ3) is 3.23. The van der Waals surface area contributed by atoms with E-state index in [0.29, 0.717) is 16.1 Å². The fourth-order valence-corrected chi connectivity index (χ4v) is 3.11. The van der Waals surface area contributed by atoms with Gasteiger partial charge in [0.05, 0.1) is 16.4 Å². The molecule has 0 aliphatic heterocycles. The topological polar surface area (TPSA) is 68.0 Å². The number of amides is 1. The van der Waals surface area contributed by atoms with Gasteiger partial charge in [0.15, 0.2) is 0 Å². The minimum absolute atomic E-state index is 0.205. The Kier molecular flexibility index (Phi) is 4.52. The van der Waals surface area contributed by atoms with Crippen LogP contribution in [0.1, 0.15) is 25.9 Å². The second-order valence-corrected chi connectivity index (χ2v) is 6.71. The average molecular weight is 370 g/mol. The predicted molar refractivity (Wildman–Crippen MR) is 89.6 cm³/mol. The van der Waals surface area contributed by atoms with E-state index in [9.17, 15) is 4.79 Å². The van der Waals surface area contributed by atoms with Crippen LogP contribution >= 0.6 is 39.5 Å². The Morgan fingerprint density at radius 3 is 2.70 bits per heavy atom. The van der Waals surface area contributed by atoms with E-state index < -0.39 is 0 Å². The van der Waals surface area contributed by atoms with Crippen LogP contribution in [0.15, 0.2) is 22.7 Å². The highest BCUT2D eigenvalue weighted by atomic mass is 79.9. The quantitative estimate of drug-likeness (QED) is 0.813. The SMILES string of the molecule is Cc1nc(C)c(C(=O)Nc2cc(Br)ccc2C(N)=S)s1. The highest BCUT2D eigenvalue weighted by Crippen LogP contribution is 2.24. The zero-order valence-electron chi connectivity index (χ0n) is 10.9. The molecule has 1 aromatic carbocycles. The summed E-state index contributed by atoms with van der Waals surface area (Å²) in [6.07, 6.45) is 0. The van der Waals surface area contributed by atoms with Crippen molar-refractivity contribution in [3.63, 3.8) is 0 Å². The van der Waals surface area contributed by atoms with E-state index in [4.69, 9.17) is 18.0 Å². The summed E-state index contributed by atoms with van der Waals surface area (Å²) >= 11 is 9.72. The first kappa shape index (κ1) is 15.1. The fourth-order valence-electron chi connectivity index (χ4n) is 1.76. The first-order valence-electron chi connectivity index (χ1n) is 5.73. The molecule has 4 nitrogen and oxygen atoms in total. The van der Waals surface area contributed by atoms with Gasteiger partial charge in [-0.2, -0.15) is 0 Å². The van der Waals surface area contributed by atoms with Crippen LogP contribution in [-0.4, -0.2) is 15.9 Å². The lowest BCUT2D eigenvalue weighted by molar-refractivity contribution is 0.103. The Morgan fingerprint density at radius 2 is 2.15 bits per heavy atom. The van der Waals surface area contributed by atoms with Crippen molar-refractivity contribution in [1.29, 1.82) is 0 Å². The maximum atomic E-state index is 12.3. The summed E-state index contributed by atoms with van der Waals surface area (Å²) in [6.45, 7) is 3.68. The normalized spacial score (nSPS) is 10.3. The van der Waals surface area contributed by atoms with Crippen LogP contribution < -0.4 is 11.1 Å². The Balaban J connectivity index is 2.34. The number of benzene rings is 1. The van der Waals surface area contributed by atoms with Gasteiger partial charge in [-0.1, -0.05) is 28.1 Å². The van der Waals surface area contributed by atoms with Crippen LogP contribution in [0.25, 0.3) is 0 Å². The summed E-state index contributed by atoms with van der Waals surface area (Å²) in [6, 6.07) is 5.37. The number of nitrogens with zero attached hydrogens (tertiary/aromatic N) is 1. The van der Waals surface area contributed by atoms with Crippen LogP contribution in [0, 0.1) is 13.8 Å². The monoisotopic (exact) mass is 369 g/mol. The van der Waals surface area contributed by atoms with E-state index in [1.807, 2.05) is 19.9 Å². The minimum atomic E-state index is -0.205. The standard InChI is InChI=1S/C13H12BrN3OS2/c1-6-11(20-7(2)16-6)13(18)17-10-5-8(14)3-4-9(10)12(15)19/h3-5H,1-2H3,(H2,15,19)(H,17,18). The van der Waals surface area contributed by atoms with Gasteiger partial charge in [-0.3, -0.25) is 4.79 Å². The Labute approximate surface area is 134 Å². The van der Waals surface area contributed by atoms with Crippen molar-refractivity contribution in [1.82, 2.24) is 4.98 Å².